The summed E-state index contributed by atoms with van der Waals surface area (Å²) in [5.41, 5.74) is 0.766. The molecule has 13 nitrogen and oxygen atoms in total. The van der Waals surface area contributed by atoms with E-state index >= 15 is 0 Å². The molecule has 3 rings (SSSR count). The summed E-state index contributed by atoms with van der Waals surface area (Å²) >= 11 is 0. The number of nitrogens with one attached hydrogen (secondary N) is 3. The minimum Gasteiger partial charge on any atom is -0.465 e. The Morgan fingerprint density at radius 1 is 0.764 bits per heavy atom. The number of unbranched alkanes of at least 4 members (excludes halogenated alkanes) is 1. The number of hydrogen-bond acceptors (Lipinski definition) is 6. The van der Waals surface area contributed by atoms with Gasteiger partial charge in [-0.05, 0) is 67.5 Å². The van der Waals surface area contributed by atoms with Gasteiger partial charge in [0.05, 0.1) is 0 Å². The van der Waals surface area contributed by atoms with Crippen molar-refractivity contribution >= 4 is 46.4 Å². The normalized spacial score (nSPS) is 13.0. The molecule has 0 saturated carbocycles. The number of amides is 6. The molecule has 0 bridgehead atoms. The van der Waals surface area contributed by atoms with E-state index in [9.17, 15) is 33.9 Å². The van der Waals surface area contributed by atoms with Crippen LogP contribution in [0, 0.1) is 0 Å². The van der Waals surface area contributed by atoms with Crippen molar-refractivity contribution < 1.29 is 33.9 Å². The molecule has 6 amide bonds. The minimum atomic E-state index is -1.18. The summed E-state index contributed by atoms with van der Waals surface area (Å²) in [6.45, 7) is 5.27. The van der Waals surface area contributed by atoms with Crippen LogP contribution in [0.2, 0.25) is 0 Å². The Bertz CT molecular complexity index is 1830. The number of carboxylic acid groups (broad SMARTS) is 1. The Hall–Kier alpha value is -5.72. The maximum absolute atomic E-state index is 14.7. The molecule has 0 spiro atoms. The van der Waals surface area contributed by atoms with Gasteiger partial charge >= 0.3 is 6.09 Å². The zero-order chi connectivity index (χ0) is 40.7. The van der Waals surface area contributed by atoms with Gasteiger partial charge in [-0.1, -0.05) is 78.9 Å². The number of hydrogen-bond donors (Lipinski definition) is 4. The lowest BCUT2D eigenvalue weighted by molar-refractivity contribution is -0.146. The van der Waals surface area contributed by atoms with Crippen molar-refractivity contribution in [3.05, 3.63) is 96.1 Å². The smallest absolute Gasteiger partial charge is 0.405 e. The average Bonchev–Trinajstić information content (AvgIpc) is 3.13. The van der Waals surface area contributed by atoms with Gasteiger partial charge in [-0.2, -0.15) is 0 Å². The Balaban J connectivity index is 1.97. The molecule has 0 aliphatic heterocycles. The second-order valence-electron chi connectivity index (χ2n) is 14.7. The molecule has 13 heteroatoms. The number of fused-ring (bicyclic) bond motifs is 1. The van der Waals surface area contributed by atoms with Gasteiger partial charge in [0.15, 0.2) is 0 Å². The van der Waals surface area contributed by atoms with E-state index in [4.69, 9.17) is 0 Å². The molecule has 3 aromatic carbocycles. The van der Waals surface area contributed by atoms with E-state index in [2.05, 4.69) is 16.0 Å². The summed E-state index contributed by atoms with van der Waals surface area (Å²) in [6.07, 6.45) is 3.71. The third kappa shape index (κ3) is 13.9. The summed E-state index contributed by atoms with van der Waals surface area (Å²) in [5, 5.41) is 19.2. The van der Waals surface area contributed by atoms with Gasteiger partial charge in [-0.25, -0.2) is 4.79 Å². The van der Waals surface area contributed by atoms with Crippen LogP contribution in [0.15, 0.2) is 84.9 Å². The average molecular weight is 757 g/mol. The molecule has 0 radical (unpaired) electrons. The molecule has 0 saturated heterocycles. The predicted molar refractivity (Wildman–Crippen MR) is 213 cm³/mol. The maximum Gasteiger partial charge on any atom is 0.405 e. The molecule has 3 aromatic rings. The molecule has 55 heavy (non-hydrogen) atoms. The van der Waals surface area contributed by atoms with E-state index in [-0.39, 0.29) is 31.1 Å². The lowest BCUT2D eigenvalue weighted by Crippen LogP contribution is -2.58. The van der Waals surface area contributed by atoms with Crippen molar-refractivity contribution in [2.24, 2.45) is 0 Å². The molecular formula is C42H56N6O7. The molecule has 3 atom stereocenters. The molecule has 0 heterocycles. The largest absolute Gasteiger partial charge is 0.465 e. The highest BCUT2D eigenvalue weighted by Crippen LogP contribution is 2.21. The number of benzene rings is 3. The second-order valence-corrected chi connectivity index (χ2v) is 14.7. The van der Waals surface area contributed by atoms with Crippen LogP contribution < -0.4 is 16.0 Å². The molecule has 0 fully saturated rings. The summed E-state index contributed by atoms with van der Waals surface area (Å²) in [7, 11) is 6.29. The fraction of sp³-hybridized carbons (Fsp3) is 0.429. The maximum atomic E-state index is 14.7. The van der Waals surface area contributed by atoms with E-state index in [1.807, 2.05) is 72.8 Å². The summed E-state index contributed by atoms with van der Waals surface area (Å²) in [4.78, 5) is 82.6. The van der Waals surface area contributed by atoms with E-state index in [0.29, 0.717) is 25.8 Å². The highest BCUT2D eigenvalue weighted by molar-refractivity contribution is 5.96. The van der Waals surface area contributed by atoms with Crippen LogP contribution in [-0.4, -0.2) is 114 Å². The van der Waals surface area contributed by atoms with Gasteiger partial charge in [0, 0.05) is 60.0 Å². The van der Waals surface area contributed by atoms with E-state index in [1.54, 1.807) is 34.0 Å². The monoisotopic (exact) mass is 756 g/mol. The number of carbonyl (C=O) groups is 6. The Morgan fingerprint density at radius 3 is 2.04 bits per heavy atom. The van der Waals surface area contributed by atoms with E-state index in [0.717, 1.165) is 21.9 Å². The van der Waals surface area contributed by atoms with Crippen molar-refractivity contribution in [3.8, 4) is 0 Å². The molecular weight excluding hydrogens is 700 g/mol. The van der Waals surface area contributed by atoms with Crippen LogP contribution in [0.4, 0.5) is 4.79 Å². The lowest BCUT2D eigenvalue weighted by Gasteiger charge is -2.35. The highest BCUT2D eigenvalue weighted by Gasteiger charge is 2.36. The minimum absolute atomic E-state index is 0.145. The molecule has 0 unspecified atom stereocenters. The highest BCUT2D eigenvalue weighted by atomic mass is 16.4. The van der Waals surface area contributed by atoms with Gasteiger partial charge in [0.2, 0.25) is 29.5 Å². The van der Waals surface area contributed by atoms with Crippen LogP contribution in [-0.2, 0) is 36.8 Å². The van der Waals surface area contributed by atoms with Crippen LogP contribution in [0.1, 0.15) is 57.6 Å². The van der Waals surface area contributed by atoms with E-state index < -0.39 is 47.5 Å². The first kappa shape index (κ1) is 43.7. The first-order valence-corrected chi connectivity index (χ1v) is 18.5. The summed E-state index contributed by atoms with van der Waals surface area (Å²) < 4.78 is 0. The van der Waals surface area contributed by atoms with Gasteiger partial charge in [0.25, 0.3) is 0 Å². The van der Waals surface area contributed by atoms with Crippen molar-refractivity contribution in [1.29, 1.82) is 0 Å². The van der Waals surface area contributed by atoms with Gasteiger partial charge in [-0.15, -0.1) is 0 Å². The number of likely N-dealkylation sites (N-methyl/N-ethyl adjacent to an activating group) is 3. The predicted octanol–water partition coefficient (Wildman–Crippen LogP) is 4.15. The van der Waals surface area contributed by atoms with Gasteiger partial charge < -0.3 is 35.8 Å². The molecule has 296 valence electrons. The fourth-order valence-electron chi connectivity index (χ4n) is 6.25. The molecule has 4 N–H and O–H groups in total. The van der Waals surface area contributed by atoms with Gasteiger partial charge in [0.1, 0.15) is 18.1 Å². The molecule has 0 aliphatic rings. The quantitative estimate of drug-likeness (QED) is 0.105. The van der Waals surface area contributed by atoms with Crippen LogP contribution in [0.25, 0.3) is 10.8 Å². The Kier molecular flexibility index (Phi) is 16.4. The second kappa shape index (κ2) is 20.7. The van der Waals surface area contributed by atoms with Crippen molar-refractivity contribution in [2.75, 3.05) is 34.7 Å². The first-order valence-electron chi connectivity index (χ1n) is 18.5. The number of carbonyl (C=O) groups excluding carboxylic acids is 5. The van der Waals surface area contributed by atoms with Crippen molar-refractivity contribution in [1.82, 2.24) is 30.7 Å². The SMILES string of the molecule is CC(=O)NCCCC[C@H](NC(=O)[C@@H](Cc1ccccc1)N(C)C(=O)[C@@H](Cc1ccc2ccccc2c1)N(C)C(=O)/C=C/CC(C)(C)NC(=O)O)C(=O)N(C)C. The van der Waals surface area contributed by atoms with Gasteiger partial charge in [-0.3, -0.25) is 24.0 Å². The first-order chi connectivity index (χ1) is 26.0. The zero-order valence-electron chi connectivity index (χ0n) is 33.0. The standard InChI is InChI=1S/C42H56N6O7/c1-29(49)43-25-14-13-20-34(39(52)46(4)5)44-38(51)35(27-30-16-9-8-10-17-30)48(7)40(53)36(28-31-22-23-32-18-11-12-19-33(32)26-31)47(6)37(50)21-15-24-42(2,3)45-41(54)55/h8-12,15-19,21-23,26,34-36,45H,13-14,20,24-25,27-28H2,1-7H3,(H,43,49)(H,44,51)(H,54,55)/b21-15+/t34-,35+,36+/m0/s1. The zero-order valence-corrected chi connectivity index (χ0v) is 33.0. The molecule has 0 aromatic heterocycles. The van der Waals surface area contributed by atoms with E-state index in [1.165, 1.54) is 41.8 Å². The lowest BCUT2D eigenvalue weighted by atomic mass is 9.98. The number of rotatable bonds is 19. The van der Waals surface area contributed by atoms with Crippen LogP contribution >= 0.6 is 0 Å². The summed E-state index contributed by atoms with van der Waals surface area (Å²) in [6, 6.07) is 20.0. The Morgan fingerprint density at radius 2 is 1.40 bits per heavy atom. The topological polar surface area (TPSA) is 168 Å². The van der Waals surface area contributed by atoms with Crippen molar-refractivity contribution in [3.63, 3.8) is 0 Å². The molecule has 0 aliphatic carbocycles. The third-order valence-electron chi connectivity index (χ3n) is 9.42. The summed E-state index contributed by atoms with van der Waals surface area (Å²) in [5.74, 6) is -1.92. The van der Waals surface area contributed by atoms with Crippen LogP contribution in [0.5, 0.6) is 0 Å². The van der Waals surface area contributed by atoms with Crippen molar-refractivity contribution in [2.45, 2.75) is 83.0 Å². The third-order valence-corrected chi connectivity index (χ3v) is 9.42. The van der Waals surface area contributed by atoms with Crippen LogP contribution in [0.3, 0.4) is 0 Å². The Labute approximate surface area is 324 Å². The fourth-order valence-corrected chi connectivity index (χ4v) is 6.25. The number of nitrogens with zero attached hydrogens (tertiary/aromatic N) is 3.